The SMILES string of the molecule is NCCC(F)(F)c1n[nH]c2c1CCC2. The number of H-pyrrole nitrogens is 1. The Kier molecular flexibility index (Phi) is 2.26. The van der Waals surface area contributed by atoms with Crippen molar-refractivity contribution < 1.29 is 8.78 Å². The van der Waals surface area contributed by atoms with Crippen LogP contribution in [0, 0.1) is 0 Å². The molecule has 0 unspecified atom stereocenters. The second-order valence-electron chi connectivity index (χ2n) is 3.63. The molecule has 0 atom stereocenters. The quantitative estimate of drug-likeness (QED) is 0.775. The van der Waals surface area contributed by atoms with E-state index in [0.717, 1.165) is 18.5 Å². The second kappa shape index (κ2) is 3.31. The van der Waals surface area contributed by atoms with Gasteiger partial charge in [-0.1, -0.05) is 0 Å². The number of hydrogen-bond donors (Lipinski definition) is 2. The number of rotatable bonds is 3. The number of aromatic nitrogens is 2. The number of nitrogens with zero attached hydrogens (tertiary/aromatic N) is 1. The van der Waals surface area contributed by atoms with E-state index < -0.39 is 5.92 Å². The minimum absolute atomic E-state index is 0.0192. The van der Waals surface area contributed by atoms with E-state index in [1.807, 2.05) is 0 Å². The van der Waals surface area contributed by atoms with Gasteiger partial charge in [0, 0.05) is 17.7 Å². The monoisotopic (exact) mass is 201 g/mol. The molecular weight excluding hydrogens is 188 g/mol. The molecule has 2 rings (SSSR count). The van der Waals surface area contributed by atoms with Crippen LogP contribution >= 0.6 is 0 Å². The van der Waals surface area contributed by atoms with Gasteiger partial charge in [0.1, 0.15) is 5.69 Å². The Morgan fingerprint density at radius 2 is 2.21 bits per heavy atom. The Bertz CT molecular complexity index is 333. The lowest BCUT2D eigenvalue weighted by atomic mass is 10.1. The molecule has 14 heavy (non-hydrogen) atoms. The van der Waals surface area contributed by atoms with Crippen LogP contribution in [-0.2, 0) is 18.8 Å². The van der Waals surface area contributed by atoms with E-state index in [4.69, 9.17) is 5.73 Å². The highest BCUT2D eigenvalue weighted by Crippen LogP contribution is 2.36. The van der Waals surface area contributed by atoms with Crippen molar-refractivity contribution in [2.24, 2.45) is 5.73 Å². The van der Waals surface area contributed by atoms with Gasteiger partial charge in [-0.2, -0.15) is 13.9 Å². The standard InChI is InChI=1S/C9H13F2N3/c10-9(11,4-5-12)8-6-2-1-3-7(6)13-14-8/h1-5,12H2,(H,13,14). The molecule has 1 aromatic rings. The molecule has 1 heterocycles. The summed E-state index contributed by atoms with van der Waals surface area (Å²) in [5.74, 6) is -2.87. The Balaban J connectivity index is 2.32. The van der Waals surface area contributed by atoms with Crippen molar-refractivity contribution in [1.29, 1.82) is 0 Å². The van der Waals surface area contributed by atoms with Crippen molar-refractivity contribution in [1.82, 2.24) is 10.2 Å². The molecule has 0 saturated carbocycles. The molecule has 1 aliphatic carbocycles. The smallest absolute Gasteiger partial charge is 0.292 e. The van der Waals surface area contributed by atoms with E-state index in [9.17, 15) is 8.78 Å². The highest BCUT2D eigenvalue weighted by molar-refractivity contribution is 5.32. The topological polar surface area (TPSA) is 54.7 Å². The van der Waals surface area contributed by atoms with Gasteiger partial charge in [0.15, 0.2) is 0 Å². The molecule has 1 aromatic heterocycles. The highest BCUT2D eigenvalue weighted by atomic mass is 19.3. The molecule has 0 radical (unpaired) electrons. The van der Waals surface area contributed by atoms with Gasteiger partial charge < -0.3 is 5.73 Å². The normalized spacial score (nSPS) is 15.9. The van der Waals surface area contributed by atoms with Crippen LogP contribution in [0.4, 0.5) is 8.78 Å². The van der Waals surface area contributed by atoms with Crippen LogP contribution in [-0.4, -0.2) is 16.7 Å². The molecule has 0 fully saturated rings. The van der Waals surface area contributed by atoms with E-state index in [2.05, 4.69) is 10.2 Å². The third kappa shape index (κ3) is 1.41. The van der Waals surface area contributed by atoms with Gasteiger partial charge in [0.05, 0.1) is 0 Å². The van der Waals surface area contributed by atoms with Crippen LogP contribution in [0.5, 0.6) is 0 Å². The molecule has 3 N–H and O–H groups in total. The number of aromatic amines is 1. The maximum Gasteiger partial charge on any atom is 0.292 e. The summed E-state index contributed by atoms with van der Waals surface area (Å²) in [6, 6.07) is 0. The summed E-state index contributed by atoms with van der Waals surface area (Å²) in [6.07, 6.45) is 2.15. The van der Waals surface area contributed by atoms with Crippen LogP contribution in [0.15, 0.2) is 0 Å². The summed E-state index contributed by atoms with van der Waals surface area (Å²) in [7, 11) is 0. The lowest BCUT2D eigenvalue weighted by molar-refractivity contribution is -0.0159. The predicted octanol–water partition coefficient (Wildman–Crippen LogP) is 1.34. The van der Waals surface area contributed by atoms with Crippen molar-refractivity contribution >= 4 is 0 Å². The maximum absolute atomic E-state index is 13.5. The lowest BCUT2D eigenvalue weighted by Crippen LogP contribution is -2.20. The van der Waals surface area contributed by atoms with Crippen molar-refractivity contribution in [3.63, 3.8) is 0 Å². The largest absolute Gasteiger partial charge is 0.330 e. The fraction of sp³-hybridized carbons (Fsp3) is 0.667. The van der Waals surface area contributed by atoms with Gasteiger partial charge in [0.25, 0.3) is 5.92 Å². The molecule has 3 nitrogen and oxygen atoms in total. The van der Waals surface area contributed by atoms with Crippen LogP contribution < -0.4 is 5.73 Å². The Morgan fingerprint density at radius 1 is 1.43 bits per heavy atom. The summed E-state index contributed by atoms with van der Waals surface area (Å²) in [4.78, 5) is 0. The number of alkyl halides is 2. The minimum atomic E-state index is -2.87. The number of nitrogens with one attached hydrogen (secondary N) is 1. The molecule has 5 heteroatoms. The van der Waals surface area contributed by atoms with Gasteiger partial charge in [-0.25, -0.2) is 0 Å². The zero-order chi connectivity index (χ0) is 10.2. The van der Waals surface area contributed by atoms with E-state index in [1.165, 1.54) is 0 Å². The lowest BCUT2D eigenvalue weighted by Gasteiger charge is -2.13. The fourth-order valence-corrected chi connectivity index (χ4v) is 1.92. The number of aryl methyl sites for hydroxylation is 1. The molecule has 0 saturated heterocycles. The first-order valence-electron chi connectivity index (χ1n) is 4.79. The first-order valence-corrected chi connectivity index (χ1v) is 4.79. The third-order valence-electron chi connectivity index (χ3n) is 2.61. The zero-order valence-corrected chi connectivity index (χ0v) is 7.82. The molecule has 0 amide bonds. The summed E-state index contributed by atoms with van der Waals surface area (Å²) < 4.78 is 27.0. The van der Waals surface area contributed by atoms with Crippen molar-refractivity contribution in [2.45, 2.75) is 31.6 Å². The molecule has 0 aromatic carbocycles. The molecule has 1 aliphatic rings. The van der Waals surface area contributed by atoms with E-state index in [0.29, 0.717) is 12.0 Å². The predicted molar refractivity (Wildman–Crippen MR) is 48.2 cm³/mol. The summed E-state index contributed by atoms with van der Waals surface area (Å²) in [5.41, 5.74) is 6.64. The van der Waals surface area contributed by atoms with Crippen molar-refractivity contribution in [3.8, 4) is 0 Å². The van der Waals surface area contributed by atoms with Crippen LogP contribution in [0.25, 0.3) is 0 Å². The maximum atomic E-state index is 13.5. The Labute approximate surface area is 80.7 Å². The highest BCUT2D eigenvalue weighted by Gasteiger charge is 2.37. The first-order chi connectivity index (χ1) is 6.65. The molecule has 0 spiro atoms. The van der Waals surface area contributed by atoms with Gasteiger partial charge in [-0.05, 0) is 25.8 Å². The molecular formula is C9H13F2N3. The summed E-state index contributed by atoms with van der Waals surface area (Å²) in [5, 5.41) is 6.38. The van der Waals surface area contributed by atoms with Crippen molar-refractivity contribution in [3.05, 3.63) is 17.0 Å². The average Bonchev–Trinajstić information content (AvgIpc) is 2.60. The molecule has 78 valence electrons. The number of nitrogens with two attached hydrogens (primary N) is 1. The van der Waals surface area contributed by atoms with E-state index >= 15 is 0 Å². The third-order valence-corrected chi connectivity index (χ3v) is 2.61. The van der Waals surface area contributed by atoms with Crippen LogP contribution in [0.3, 0.4) is 0 Å². The number of hydrogen-bond acceptors (Lipinski definition) is 2. The molecule has 0 bridgehead atoms. The van der Waals surface area contributed by atoms with Crippen LogP contribution in [0.2, 0.25) is 0 Å². The average molecular weight is 201 g/mol. The van der Waals surface area contributed by atoms with E-state index in [-0.39, 0.29) is 18.7 Å². The van der Waals surface area contributed by atoms with Gasteiger partial charge in [-0.15, -0.1) is 0 Å². The minimum Gasteiger partial charge on any atom is -0.330 e. The van der Waals surface area contributed by atoms with E-state index in [1.54, 1.807) is 0 Å². The first kappa shape index (κ1) is 9.58. The van der Waals surface area contributed by atoms with Gasteiger partial charge >= 0.3 is 0 Å². The van der Waals surface area contributed by atoms with Gasteiger partial charge in [-0.3, -0.25) is 5.10 Å². The second-order valence-corrected chi connectivity index (χ2v) is 3.63. The summed E-state index contributed by atoms with van der Waals surface area (Å²) in [6.45, 7) is -0.0192. The fourth-order valence-electron chi connectivity index (χ4n) is 1.92. The zero-order valence-electron chi connectivity index (χ0n) is 7.82. The number of halogens is 2. The van der Waals surface area contributed by atoms with Crippen LogP contribution in [0.1, 0.15) is 29.8 Å². The molecule has 0 aliphatic heterocycles. The Hall–Kier alpha value is -0.970. The van der Waals surface area contributed by atoms with Gasteiger partial charge in [0.2, 0.25) is 0 Å². The Morgan fingerprint density at radius 3 is 2.93 bits per heavy atom. The van der Waals surface area contributed by atoms with Crippen molar-refractivity contribution in [2.75, 3.05) is 6.54 Å². The number of fused-ring (bicyclic) bond motifs is 1. The summed E-state index contributed by atoms with van der Waals surface area (Å²) >= 11 is 0.